The van der Waals surface area contributed by atoms with E-state index in [2.05, 4.69) is 50.7 Å². The van der Waals surface area contributed by atoms with Crippen molar-refractivity contribution in [3.63, 3.8) is 0 Å². The van der Waals surface area contributed by atoms with Crippen LogP contribution < -0.4 is 10.2 Å². The maximum atomic E-state index is 8.86. The second kappa shape index (κ2) is 8.68. The molecule has 144 valence electrons. The first-order valence-corrected chi connectivity index (χ1v) is 10.8. The van der Waals surface area contributed by atoms with E-state index in [0.717, 1.165) is 62.2 Å². The lowest BCUT2D eigenvalue weighted by Gasteiger charge is -2.33. The second-order valence-electron chi connectivity index (χ2n) is 7.42. The van der Waals surface area contributed by atoms with Gasteiger partial charge in [-0.2, -0.15) is 5.26 Å². The van der Waals surface area contributed by atoms with Crippen molar-refractivity contribution in [2.24, 2.45) is 0 Å². The molecule has 0 spiro atoms. The average molecular weight is 392 g/mol. The summed E-state index contributed by atoms with van der Waals surface area (Å²) in [5.41, 5.74) is 4.36. The summed E-state index contributed by atoms with van der Waals surface area (Å²) in [5, 5.41) is 14.8. The molecule has 1 saturated heterocycles. The molecule has 1 aliphatic rings. The highest BCUT2D eigenvalue weighted by atomic mass is 32.1. The molecule has 0 radical (unpaired) electrons. The number of nitrogens with zero attached hydrogens (tertiary/aromatic N) is 4. The topological polar surface area (TPSA) is 64.8 Å². The van der Waals surface area contributed by atoms with Gasteiger partial charge in [-0.05, 0) is 67.8 Å². The van der Waals surface area contributed by atoms with Gasteiger partial charge in [0.25, 0.3) is 0 Å². The Labute approximate surface area is 170 Å². The van der Waals surface area contributed by atoms with E-state index in [1.165, 1.54) is 15.8 Å². The van der Waals surface area contributed by atoms with Crippen molar-refractivity contribution < 1.29 is 0 Å². The first-order chi connectivity index (χ1) is 13.7. The number of benzene rings is 1. The molecule has 1 N–H and O–H groups in total. The minimum atomic E-state index is 0.583. The quantitative estimate of drug-likeness (QED) is 0.642. The molecule has 0 saturated carbocycles. The van der Waals surface area contributed by atoms with E-state index in [1.807, 2.05) is 12.1 Å². The number of thiophene rings is 1. The van der Waals surface area contributed by atoms with Crippen molar-refractivity contribution in [3.05, 3.63) is 52.7 Å². The maximum Gasteiger partial charge on any atom is 0.150 e. The van der Waals surface area contributed by atoms with Gasteiger partial charge in [0.2, 0.25) is 0 Å². The lowest BCUT2D eigenvalue weighted by molar-refractivity contribution is 0.412. The number of aryl methyl sites for hydroxylation is 2. The van der Waals surface area contributed by atoms with Gasteiger partial charge in [-0.3, -0.25) is 0 Å². The van der Waals surface area contributed by atoms with Crippen LogP contribution in [0, 0.1) is 18.3 Å². The summed E-state index contributed by atoms with van der Waals surface area (Å²) in [6.07, 6.45) is 6.16. The average Bonchev–Trinajstić information content (AvgIpc) is 3.13. The molecule has 5 nitrogen and oxygen atoms in total. The monoisotopic (exact) mass is 391 g/mol. The number of hydrogen-bond acceptors (Lipinski definition) is 6. The van der Waals surface area contributed by atoms with E-state index in [0.29, 0.717) is 6.04 Å². The lowest BCUT2D eigenvalue weighted by Crippen LogP contribution is -2.43. The highest BCUT2D eigenvalue weighted by molar-refractivity contribution is 7.18. The highest BCUT2D eigenvalue weighted by Crippen LogP contribution is 2.32. The summed E-state index contributed by atoms with van der Waals surface area (Å²) in [5.74, 6) is 1.10. The largest absolute Gasteiger partial charge is 0.355 e. The number of aromatic nitrogens is 2. The third-order valence-corrected chi connectivity index (χ3v) is 6.55. The Morgan fingerprint density at radius 1 is 1.21 bits per heavy atom. The molecule has 2 aromatic heterocycles. The van der Waals surface area contributed by atoms with Gasteiger partial charge in [0, 0.05) is 19.1 Å². The Morgan fingerprint density at radius 2 is 2.00 bits per heavy atom. The molecule has 1 fully saturated rings. The molecular weight excluding hydrogens is 366 g/mol. The number of nitriles is 1. The minimum Gasteiger partial charge on any atom is -0.355 e. The van der Waals surface area contributed by atoms with Crippen LogP contribution in [-0.4, -0.2) is 35.6 Å². The Hall–Kier alpha value is -2.49. The zero-order valence-corrected chi connectivity index (χ0v) is 17.0. The van der Waals surface area contributed by atoms with Crippen molar-refractivity contribution >= 4 is 27.4 Å². The van der Waals surface area contributed by atoms with E-state index >= 15 is 0 Å². The first kappa shape index (κ1) is 18.9. The van der Waals surface area contributed by atoms with Crippen molar-refractivity contribution in [2.75, 3.05) is 24.5 Å². The normalized spacial score (nSPS) is 15.1. The maximum absolute atomic E-state index is 8.86. The number of piperidine rings is 1. The Bertz CT molecular complexity index is 965. The third kappa shape index (κ3) is 4.16. The molecule has 0 atom stereocenters. The number of rotatable bonds is 6. The summed E-state index contributed by atoms with van der Waals surface area (Å²) < 4.78 is 1.22. The van der Waals surface area contributed by atoms with Crippen LogP contribution in [-0.2, 0) is 6.42 Å². The minimum absolute atomic E-state index is 0.583. The fraction of sp³-hybridized carbons (Fsp3) is 0.409. The van der Waals surface area contributed by atoms with Gasteiger partial charge in [-0.25, -0.2) is 9.97 Å². The van der Waals surface area contributed by atoms with E-state index in [1.54, 1.807) is 17.7 Å². The second-order valence-corrected chi connectivity index (χ2v) is 8.30. The standard InChI is InChI=1S/C22H25N5S/c1-16-14-28-21-20(16)25-15-26-22(21)27-11-8-19(9-12-27)24-10-2-3-17-4-6-18(13-23)7-5-17/h4-7,14-15,19,24H,2-3,8-12H2,1H3. The predicted molar refractivity (Wildman–Crippen MR) is 115 cm³/mol. The number of hydrogen-bond donors (Lipinski definition) is 1. The SMILES string of the molecule is Cc1csc2c(N3CCC(NCCCc4ccc(C#N)cc4)CC3)ncnc12. The van der Waals surface area contributed by atoms with E-state index in [-0.39, 0.29) is 0 Å². The van der Waals surface area contributed by atoms with Crippen LogP contribution in [0.1, 0.15) is 36.0 Å². The molecule has 0 bridgehead atoms. The van der Waals surface area contributed by atoms with Crippen LogP contribution in [0.4, 0.5) is 5.82 Å². The van der Waals surface area contributed by atoms with Gasteiger partial charge >= 0.3 is 0 Å². The Balaban J connectivity index is 1.23. The summed E-state index contributed by atoms with van der Waals surface area (Å²) in [4.78, 5) is 11.4. The zero-order valence-electron chi connectivity index (χ0n) is 16.2. The first-order valence-electron chi connectivity index (χ1n) is 9.91. The molecule has 28 heavy (non-hydrogen) atoms. The summed E-state index contributed by atoms with van der Waals surface area (Å²) >= 11 is 1.75. The van der Waals surface area contributed by atoms with Crippen molar-refractivity contribution in [3.8, 4) is 6.07 Å². The number of anilines is 1. The number of nitrogens with one attached hydrogen (secondary N) is 1. The highest BCUT2D eigenvalue weighted by Gasteiger charge is 2.22. The van der Waals surface area contributed by atoms with Crippen molar-refractivity contribution in [1.29, 1.82) is 5.26 Å². The Morgan fingerprint density at radius 3 is 2.75 bits per heavy atom. The fourth-order valence-electron chi connectivity index (χ4n) is 3.82. The van der Waals surface area contributed by atoms with Crippen LogP contribution in [0.15, 0.2) is 36.0 Å². The lowest BCUT2D eigenvalue weighted by atomic mass is 10.0. The molecular formula is C22H25N5S. The summed E-state index contributed by atoms with van der Waals surface area (Å²) in [6.45, 7) is 5.23. The van der Waals surface area contributed by atoms with Gasteiger partial charge < -0.3 is 10.2 Å². The van der Waals surface area contributed by atoms with E-state index < -0.39 is 0 Å². The van der Waals surface area contributed by atoms with Crippen LogP contribution in [0.2, 0.25) is 0 Å². The fourth-order valence-corrected chi connectivity index (χ4v) is 4.84. The van der Waals surface area contributed by atoms with E-state index in [4.69, 9.17) is 5.26 Å². The third-order valence-electron chi connectivity index (χ3n) is 5.46. The van der Waals surface area contributed by atoms with Crippen LogP contribution in [0.25, 0.3) is 10.2 Å². The van der Waals surface area contributed by atoms with Gasteiger partial charge in [0.05, 0.1) is 21.8 Å². The molecule has 6 heteroatoms. The predicted octanol–water partition coefficient (Wildman–Crippen LogP) is 4.06. The molecule has 0 amide bonds. The Kier molecular flexibility index (Phi) is 5.84. The molecule has 4 rings (SSSR count). The van der Waals surface area contributed by atoms with Crippen LogP contribution in [0.5, 0.6) is 0 Å². The van der Waals surface area contributed by atoms with Gasteiger partial charge in [0.15, 0.2) is 0 Å². The van der Waals surface area contributed by atoms with Crippen LogP contribution >= 0.6 is 11.3 Å². The molecule has 1 aromatic carbocycles. The smallest absolute Gasteiger partial charge is 0.150 e. The van der Waals surface area contributed by atoms with Gasteiger partial charge in [-0.1, -0.05) is 12.1 Å². The van der Waals surface area contributed by atoms with E-state index in [9.17, 15) is 0 Å². The molecule has 3 aromatic rings. The zero-order chi connectivity index (χ0) is 19.3. The van der Waals surface area contributed by atoms with Crippen molar-refractivity contribution in [2.45, 2.75) is 38.6 Å². The molecule has 1 aliphatic heterocycles. The summed E-state index contributed by atoms with van der Waals surface area (Å²) in [6, 6.07) is 10.7. The van der Waals surface area contributed by atoms with Crippen molar-refractivity contribution in [1.82, 2.24) is 15.3 Å². The van der Waals surface area contributed by atoms with Gasteiger partial charge in [-0.15, -0.1) is 11.3 Å². The van der Waals surface area contributed by atoms with Crippen LogP contribution in [0.3, 0.4) is 0 Å². The molecule has 3 heterocycles. The molecule has 0 aliphatic carbocycles. The number of fused-ring (bicyclic) bond motifs is 1. The van der Waals surface area contributed by atoms with Gasteiger partial charge in [0.1, 0.15) is 12.1 Å². The summed E-state index contributed by atoms with van der Waals surface area (Å²) in [7, 11) is 0. The molecule has 0 unspecified atom stereocenters.